The minimum absolute atomic E-state index is 0.00101. The van der Waals surface area contributed by atoms with Gasteiger partial charge in [0.25, 0.3) is 0 Å². The molecule has 1 saturated carbocycles. The maximum atomic E-state index is 14.1. The topological polar surface area (TPSA) is 175 Å². The summed E-state index contributed by atoms with van der Waals surface area (Å²) < 4.78 is 9.73. The van der Waals surface area contributed by atoms with Crippen LogP contribution in [0.25, 0.3) is 44.5 Å². The largest absolute Gasteiger partial charge is 0.453 e. The van der Waals surface area contributed by atoms with Gasteiger partial charge in [0.1, 0.15) is 23.7 Å². The van der Waals surface area contributed by atoms with E-state index in [0.717, 1.165) is 71.6 Å². The first kappa shape index (κ1) is 46.0. The molecule has 3 aromatic carbocycles. The fraction of sp³-hybridized carbons (Fsp3) is 0.509. The van der Waals surface area contributed by atoms with E-state index in [1.54, 1.807) is 0 Å². The normalized spacial score (nSPS) is 23.4. The molecule has 2 bridgehead atoms. The summed E-state index contributed by atoms with van der Waals surface area (Å²) in [5.41, 5.74) is 11.6. The average Bonchev–Trinajstić information content (AvgIpc) is 4.22. The third-order valence-corrected chi connectivity index (χ3v) is 15.6. The van der Waals surface area contributed by atoms with Crippen molar-refractivity contribution in [2.75, 3.05) is 20.8 Å². The summed E-state index contributed by atoms with van der Waals surface area (Å²) in [7, 11) is 2.63. The highest BCUT2D eigenvalue weighted by atomic mass is 16.5. The SMILES string of the molecule is CCC(C)C(NC(=O)OC)C(=O)N1C[C@@H](CC)C[C@H]1c1ncc(-c2ccc(-c3ccc(-c4ccc5nc([C@@H]6CC[C@H](C)N6C(=O)C(NC(=O)OC)C(C)C)[nH]c5c4)c4c3C3CCC4C3)cc2)[nH]1. The molecule has 5 aromatic rings. The van der Waals surface area contributed by atoms with Crippen molar-refractivity contribution in [3.05, 3.63) is 83.6 Å². The smallest absolute Gasteiger partial charge is 0.407 e. The van der Waals surface area contributed by atoms with Gasteiger partial charge in [-0.3, -0.25) is 9.59 Å². The number of fused-ring (bicyclic) bond motifs is 6. The van der Waals surface area contributed by atoms with Crippen LogP contribution < -0.4 is 10.6 Å². The third kappa shape index (κ3) is 8.56. The molecular weight excluding hydrogens is 845 g/mol. The summed E-state index contributed by atoms with van der Waals surface area (Å²) in [6, 6.07) is 18.0. The van der Waals surface area contributed by atoms with Crippen LogP contribution >= 0.6 is 0 Å². The van der Waals surface area contributed by atoms with Crippen LogP contribution in [0, 0.1) is 17.8 Å². The van der Waals surface area contributed by atoms with Gasteiger partial charge in [0.15, 0.2) is 0 Å². The number of amides is 4. The molecule has 3 fully saturated rings. The predicted octanol–water partition coefficient (Wildman–Crippen LogP) is 10.2. The lowest BCUT2D eigenvalue weighted by molar-refractivity contribution is -0.137. The predicted molar refractivity (Wildman–Crippen MR) is 258 cm³/mol. The minimum Gasteiger partial charge on any atom is -0.453 e. The lowest BCUT2D eigenvalue weighted by Crippen LogP contribution is -2.52. The first-order valence-corrected chi connectivity index (χ1v) is 24.5. The second-order valence-corrected chi connectivity index (χ2v) is 19.9. The van der Waals surface area contributed by atoms with E-state index in [0.29, 0.717) is 24.3 Å². The van der Waals surface area contributed by atoms with Crippen LogP contribution in [-0.2, 0) is 19.1 Å². The standard InChI is InChI=1S/C53H66N8O6/c1-9-29(5)47(59-53(65)67-8)50(62)60-27-31(10-2)23-43(60)48-54-26-41(57-48)33-14-12-32(13-15-33)37-19-20-38(45-36-17-16-35(24-36)44(37)45)34-18-21-39-40(25-34)56-49(55-39)42-22-11-30(6)61(42)51(63)46(28(3)4)58-52(64)66-7/h12-15,18-21,25-26,28-31,35-36,42-43,46-47H,9-11,16-17,22-24,27H2,1-8H3,(H,54,57)(H,55,56)(H,58,64)(H,59,65)/t29?,30-,31-,35?,36?,42-,43-,46?,47?/m0/s1. The van der Waals surface area contributed by atoms with Gasteiger partial charge in [-0.2, -0.15) is 0 Å². The van der Waals surface area contributed by atoms with Crippen LogP contribution in [0.3, 0.4) is 0 Å². The molecule has 4 heterocycles. The minimum atomic E-state index is -0.704. The van der Waals surface area contributed by atoms with Crippen molar-refractivity contribution >= 4 is 35.0 Å². The number of imidazole rings is 2. The highest BCUT2D eigenvalue weighted by molar-refractivity contribution is 5.89. The average molecular weight is 911 g/mol. The molecule has 4 N–H and O–H groups in total. The van der Waals surface area contributed by atoms with Crippen molar-refractivity contribution in [2.24, 2.45) is 17.8 Å². The number of carbonyl (C=O) groups excluding carboxylic acids is 4. The number of benzene rings is 3. The number of nitrogens with zero attached hydrogens (tertiary/aromatic N) is 4. The zero-order valence-electron chi connectivity index (χ0n) is 40.1. The molecule has 2 aliphatic heterocycles. The van der Waals surface area contributed by atoms with Gasteiger partial charge in [-0.15, -0.1) is 0 Å². The monoisotopic (exact) mass is 911 g/mol. The highest BCUT2D eigenvalue weighted by Gasteiger charge is 2.44. The maximum Gasteiger partial charge on any atom is 0.407 e. The summed E-state index contributed by atoms with van der Waals surface area (Å²) in [6.07, 6.45) is 8.33. The number of H-pyrrole nitrogens is 2. The Bertz CT molecular complexity index is 2650. The Morgan fingerprint density at radius 1 is 0.746 bits per heavy atom. The van der Waals surface area contributed by atoms with Crippen molar-refractivity contribution in [2.45, 2.75) is 135 Å². The first-order valence-electron chi connectivity index (χ1n) is 24.5. The molecule has 9 atom stereocenters. The maximum absolute atomic E-state index is 14.1. The van der Waals surface area contributed by atoms with E-state index in [2.05, 4.69) is 89.0 Å². The van der Waals surface area contributed by atoms with Gasteiger partial charge in [0, 0.05) is 12.6 Å². The van der Waals surface area contributed by atoms with Gasteiger partial charge in [0.05, 0.1) is 49.2 Å². The van der Waals surface area contributed by atoms with E-state index in [1.807, 2.05) is 43.7 Å². The Morgan fingerprint density at radius 3 is 2.03 bits per heavy atom. The van der Waals surface area contributed by atoms with Crippen molar-refractivity contribution < 1.29 is 28.7 Å². The van der Waals surface area contributed by atoms with E-state index in [-0.39, 0.29) is 41.8 Å². The van der Waals surface area contributed by atoms with Crippen molar-refractivity contribution in [3.63, 3.8) is 0 Å². The number of methoxy groups -OCH3 is 2. The van der Waals surface area contributed by atoms with E-state index >= 15 is 0 Å². The molecule has 2 saturated heterocycles. The Labute approximate surface area is 393 Å². The number of alkyl carbamates (subject to hydrolysis) is 2. The number of hydrogen-bond donors (Lipinski definition) is 4. The van der Waals surface area contributed by atoms with E-state index in [1.165, 1.54) is 61.3 Å². The van der Waals surface area contributed by atoms with Crippen molar-refractivity contribution in [1.82, 2.24) is 40.4 Å². The third-order valence-electron chi connectivity index (χ3n) is 15.6. The number of aromatic amines is 2. The van der Waals surface area contributed by atoms with E-state index < -0.39 is 24.3 Å². The number of aromatic nitrogens is 4. The molecule has 0 spiro atoms. The molecule has 4 aliphatic rings. The van der Waals surface area contributed by atoms with Gasteiger partial charge < -0.3 is 39.9 Å². The molecule has 2 aliphatic carbocycles. The Morgan fingerprint density at radius 2 is 1.39 bits per heavy atom. The second-order valence-electron chi connectivity index (χ2n) is 19.9. The van der Waals surface area contributed by atoms with Crippen LogP contribution in [0.4, 0.5) is 9.59 Å². The number of ether oxygens (including phenoxy) is 2. The fourth-order valence-electron chi connectivity index (χ4n) is 11.6. The second kappa shape index (κ2) is 18.8. The molecule has 2 aromatic heterocycles. The quantitative estimate of drug-likeness (QED) is 0.0903. The van der Waals surface area contributed by atoms with Gasteiger partial charge in [-0.05, 0) is 126 Å². The highest BCUT2D eigenvalue weighted by Crippen LogP contribution is 2.58. The lowest BCUT2D eigenvalue weighted by atomic mass is 9.81. The Hall–Kier alpha value is -6.18. The van der Waals surface area contributed by atoms with Gasteiger partial charge in [0.2, 0.25) is 11.8 Å². The molecular formula is C53H66N8O6. The fourth-order valence-corrected chi connectivity index (χ4v) is 11.6. The molecule has 5 unspecified atom stereocenters. The molecule has 14 heteroatoms. The molecule has 354 valence electrons. The number of hydrogen-bond acceptors (Lipinski definition) is 8. The number of likely N-dealkylation sites (tertiary alicyclic amines) is 2. The van der Waals surface area contributed by atoms with Crippen LogP contribution in [0.5, 0.6) is 0 Å². The van der Waals surface area contributed by atoms with Gasteiger partial charge in [-0.25, -0.2) is 19.6 Å². The molecule has 4 amide bonds. The summed E-state index contributed by atoms with van der Waals surface area (Å²) in [4.78, 5) is 73.5. The number of nitrogens with one attached hydrogen (secondary N) is 4. The van der Waals surface area contributed by atoms with E-state index in [9.17, 15) is 19.2 Å². The summed E-state index contributed by atoms with van der Waals surface area (Å²) in [5, 5.41) is 5.57. The number of rotatable bonds is 13. The molecule has 67 heavy (non-hydrogen) atoms. The molecule has 14 nitrogen and oxygen atoms in total. The Balaban J connectivity index is 0.961. The number of carbonyl (C=O) groups is 4. The summed E-state index contributed by atoms with van der Waals surface area (Å²) >= 11 is 0. The van der Waals surface area contributed by atoms with Gasteiger partial charge >= 0.3 is 12.2 Å². The van der Waals surface area contributed by atoms with Crippen LogP contribution in [0.1, 0.15) is 140 Å². The zero-order chi connectivity index (χ0) is 47.3. The lowest BCUT2D eigenvalue weighted by Gasteiger charge is -2.32. The summed E-state index contributed by atoms with van der Waals surface area (Å²) in [6.45, 7) is 12.7. The van der Waals surface area contributed by atoms with Crippen LogP contribution in [-0.4, -0.2) is 92.6 Å². The van der Waals surface area contributed by atoms with Crippen LogP contribution in [0.2, 0.25) is 0 Å². The van der Waals surface area contributed by atoms with Crippen LogP contribution in [0.15, 0.2) is 60.8 Å². The molecule has 9 rings (SSSR count). The zero-order valence-corrected chi connectivity index (χ0v) is 40.1. The Kier molecular flexibility index (Phi) is 12.9. The summed E-state index contributed by atoms with van der Waals surface area (Å²) in [5.74, 6) is 2.49. The van der Waals surface area contributed by atoms with E-state index in [4.69, 9.17) is 19.4 Å². The van der Waals surface area contributed by atoms with Crippen molar-refractivity contribution in [3.8, 4) is 33.5 Å². The van der Waals surface area contributed by atoms with Gasteiger partial charge in [-0.1, -0.05) is 89.9 Å². The van der Waals surface area contributed by atoms with Crippen molar-refractivity contribution in [1.29, 1.82) is 0 Å². The molecule has 0 radical (unpaired) electrons. The first-order chi connectivity index (χ1) is 32.3.